The lowest BCUT2D eigenvalue weighted by Crippen LogP contribution is -2.60. The first kappa shape index (κ1) is 23.2. The van der Waals surface area contributed by atoms with Crippen molar-refractivity contribution < 1.29 is 49.4 Å². The van der Waals surface area contributed by atoms with Gasteiger partial charge in [0, 0.05) is 6.42 Å². The molecular formula is C12H15F9O2S. The molecule has 0 spiro atoms. The number of hydrogen-bond donors (Lipinski definition) is 1. The van der Waals surface area contributed by atoms with Crippen molar-refractivity contribution in [1.29, 1.82) is 0 Å². The van der Waals surface area contributed by atoms with Crippen molar-refractivity contribution in [2.75, 3.05) is 5.75 Å². The molecule has 24 heavy (non-hydrogen) atoms. The summed E-state index contributed by atoms with van der Waals surface area (Å²) in [6.45, 7) is 3.00. The molecule has 1 unspecified atom stereocenters. The van der Waals surface area contributed by atoms with Crippen molar-refractivity contribution in [3.05, 3.63) is 0 Å². The summed E-state index contributed by atoms with van der Waals surface area (Å²) in [7, 11) is 0. The van der Waals surface area contributed by atoms with Crippen LogP contribution in [-0.4, -0.2) is 46.0 Å². The van der Waals surface area contributed by atoms with E-state index >= 15 is 0 Å². The Morgan fingerprint density at radius 3 is 1.75 bits per heavy atom. The fraction of sp³-hybridized carbons (Fsp3) is 0.917. The zero-order valence-corrected chi connectivity index (χ0v) is 13.3. The Morgan fingerprint density at radius 1 is 0.958 bits per heavy atom. The number of aliphatic carboxylic acids is 1. The molecule has 2 nitrogen and oxygen atoms in total. The fourth-order valence-corrected chi connectivity index (χ4v) is 2.71. The molecule has 0 aromatic rings. The van der Waals surface area contributed by atoms with E-state index in [1.54, 1.807) is 0 Å². The number of halogens is 9. The van der Waals surface area contributed by atoms with E-state index in [1.165, 1.54) is 13.8 Å². The summed E-state index contributed by atoms with van der Waals surface area (Å²) in [5, 5.41) is 7.77. The Hall–Kier alpha value is -0.810. The van der Waals surface area contributed by atoms with E-state index in [9.17, 15) is 44.3 Å². The van der Waals surface area contributed by atoms with Gasteiger partial charge in [0.05, 0.1) is 0 Å². The molecule has 1 N–H and O–H groups in total. The number of carboxylic acid groups (broad SMARTS) is 1. The molecule has 12 heteroatoms. The molecule has 0 bridgehead atoms. The van der Waals surface area contributed by atoms with E-state index < -0.39 is 59.7 Å². The third kappa shape index (κ3) is 4.85. The zero-order chi connectivity index (χ0) is 19.6. The van der Waals surface area contributed by atoms with Gasteiger partial charge in [-0.1, -0.05) is 13.8 Å². The number of rotatable bonds is 9. The Bertz CT molecular complexity index is 435. The van der Waals surface area contributed by atoms with Crippen LogP contribution in [0.25, 0.3) is 0 Å². The minimum absolute atomic E-state index is 0.418. The Morgan fingerprint density at radius 2 is 1.42 bits per heavy atom. The summed E-state index contributed by atoms with van der Waals surface area (Å²) in [6.07, 6.45) is -9.64. The molecule has 1 atom stereocenters. The normalized spacial score (nSPS) is 15.7. The van der Waals surface area contributed by atoms with Gasteiger partial charge in [0.2, 0.25) is 0 Å². The third-order valence-electron chi connectivity index (χ3n) is 2.99. The minimum Gasteiger partial charge on any atom is -0.480 e. The van der Waals surface area contributed by atoms with E-state index in [1.807, 2.05) is 0 Å². The maximum Gasteiger partial charge on any atom is 0.460 e. The Balaban J connectivity index is 4.89. The maximum atomic E-state index is 13.2. The van der Waals surface area contributed by atoms with Crippen molar-refractivity contribution >= 4 is 17.7 Å². The van der Waals surface area contributed by atoms with Crippen molar-refractivity contribution in [3.8, 4) is 0 Å². The van der Waals surface area contributed by atoms with Crippen LogP contribution in [0.3, 0.4) is 0 Å². The molecule has 0 saturated carbocycles. The molecule has 0 rings (SSSR count). The molecule has 0 aromatic heterocycles. The van der Waals surface area contributed by atoms with Crippen molar-refractivity contribution in [3.63, 3.8) is 0 Å². The van der Waals surface area contributed by atoms with Gasteiger partial charge in [0.1, 0.15) is 5.25 Å². The number of hydrogen-bond acceptors (Lipinski definition) is 2. The SMILES string of the molecule is CC(C)C(SCCCC(F)(F)C(F)(F)C(F)(F)C(F)(F)F)C(=O)O. The lowest BCUT2D eigenvalue weighted by molar-refractivity contribution is -0.396. The van der Waals surface area contributed by atoms with Gasteiger partial charge in [-0.15, -0.1) is 11.8 Å². The highest BCUT2D eigenvalue weighted by Crippen LogP contribution is 2.54. The number of carboxylic acids is 1. The molecule has 0 aliphatic heterocycles. The lowest BCUT2D eigenvalue weighted by Gasteiger charge is -2.33. The number of carbonyl (C=O) groups is 1. The monoisotopic (exact) mass is 394 g/mol. The van der Waals surface area contributed by atoms with Gasteiger partial charge in [0.15, 0.2) is 0 Å². The van der Waals surface area contributed by atoms with Gasteiger partial charge in [-0.05, 0) is 18.1 Å². The average Bonchev–Trinajstić information content (AvgIpc) is 2.35. The predicted octanol–water partition coefficient (Wildman–Crippen LogP) is 5.08. The van der Waals surface area contributed by atoms with Crippen molar-refractivity contribution in [1.82, 2.24) is 0 Å². The van der Waals surface area contributed by atoms with Gasteiger partial charge in [-0.2, -0.15) is 39.5 Å². The standard InChI is InChI=1S/C12H15F9O2S/c1-6(2)7(8(22)23)24-5-3-4-9(13,14)10(15,16)11(17,18)12(19,20)21/h6-7H,3-5H2,1-2H3,(H,22,23). The van der Waals surface area contributed by atoms with Crippen LogP contribution in [0.5, 0.6) is 0 Å². The molecule has 0 aliphatic carbocycles. The predicted molar refractivity (Wildman–Crippen MR) is 68.8 cm³/mol. The highest BCUT2D eigenvalue weighted by molar-refractivity contribution is 8.00. The Kier molecular flexibility index (Phi) is 7.35. The first-order valence-electron chi connectivity index (χ1n) is 6.53. The van der Waals surface area contributed by atoms with Crippen LogP contribution in [0, 0.1) is 5.92 Å². The second-order valence-corrected chi connectivity index (χ2v) is 6.58. The third-order valence-corrected chi connectivity index (χ3v) is 4.62. The summed E-state index contributed by atoms with van der Waals surface area (Å²) in [4.78, 5) is 10.8. The van der Waals surface area contributed by atoms with E-state index in [0.717, 1.165) is 0 Å². The van der Waals surface area contributed by atoms with Gasteiger partial charge >= 0.3 is 29.9 Å². The van der Waals surface area contributed by atoms with Gasteiger partial charge in [-0.25, -0.2) is 0 Å². The first-order chi connectivity index (χ1) is 10.5. The maximum absolute atomic E-state index is 13.2. The van der Waals surface area contributed by atoms with E-state index in [4.69, 9.17) is 5.11 Å². The van der Waals surface area contributed by atoms with E-state index in [-0.39, 0.29) is 0 Å². The van der Waals surface area contributed by atoms with Crippen LogP contribution in [-0.2, 0) is 4.79 Å². The summed E-state index contributed by atoms with van der Waals surface area (Å²) < 4.78 is 113. The molecule has 0 saturated heterocycles. The molecule has 0 aromatic carbocycles. The zero-order valence-electron chi connectivity index (χ0n) is 12.4. The summed E-state index contributed by atoms with van der Waals surface area (Å²) in [5.74, 6) is -21.2. The fourth-order valence-electron chi connectivity index (χ4n) is 1.62. The first-order valence-corrected chi connectivity index (χ1v) is 7.58. The molecule has 0 fully saturated rings. The summed E-state index contributed by atoms with van der Waals surface area (Å²) >= 11 is 0.615. The van der Waals surface area contributed by atoms with E-state index in [0.29, 0.717) is 11.8 Å². The quantitative estimate of drug-likeness (QED) is 0.438. The van der Waals surface area contributed by atoms with Crippen LogP contribution in [0.4, 0.5) is 39.5 Å². The van der Waals surface area contributed by atoms with Gasteiger partial charge in [-0.3, -0.25) is 4.79 Å². The second-order valence-electron chi connectivity index (χ2n) is 5.33. The van der Waals surface area contributed by atoms with Crippen LogP contribution >= 0.6 is 11.8 Å². The second kappa shape index (κ2) is 7.61. The largest absolute Gasteiger partial charge is 0.480 e. The van der Waals surface area contributed by atoms with Crippen molar-refractivity contribution in [2.45, 2.75) is 55.9 Å². The summed E-state index contributed by atoms with van der Waals surface area (Å²) in [6, 6.07) is 0. The van der Waals surface area contributed by atoms with Gasteiger partial charge in [0.25, 0.3) is 0 Å². The van der Waals surface area contributed by atoms with Gasteiger partial charge < -0.3 is 5.11 Å². The highest BCUT2D eigenvalue weighted by atomic mass is 32.2. The van der Waals surface area contributed by atoms with Crippen LogP contribution in [0.2, 0.25) is 0 Å². The van der Waals surface area contributed by atoms with Crippen molar-refractivity contribution in [2.24, 2.45) is 5.92 Å². The molecule has 144 valence electrons. The van der Waals surface area contributed by atoms with Crippen LogP contribution in [0.1, 0.15) is 26.7 Å². The highest BCUT2D eigenvalue weighted by Gasteiger charge is 2.81. The minimum atomic E-state index is -6.89. The molecule has 0 amide bonds. The molecule has 0 heterocycles. The Labute approximate surface area is 135 Å². The number of alkyl halides is 9. The summed E-state index contributed by atoms with van der Waals surface area (Å²) in [5.41, 5.74) is 0. The molecule has 0 aliphatic rings. The molecule has 0 radical (unpaired) electrons. The topological polar surface area (TPSA) is 37.3 Å². The number of thioether (sulfide) groups is 1. The van der Waals surface area contributed by atoms with Crippen LogP contribution < -0.4 is 0 Å². The van der Waals surface area contributed by atoms with Crippen LogP contribution in [0.15, 0.2) is 0 Å². The lowest BCUT2D eigenvalue weighted by atomic mass is 10.00. The smallest absolute Gasteiger partial charge is 0.460 e. The average molecular weight is 394 g/mol. The molecular weight excluding hydrogens is 379 g/mol. The van der Waals surface area contributed by atoms with E-state index in [2.05, 4.69) is 0 Å².